The fourth-order valence-corrected chi connectivity index (χ4v) is 1.78. The van der Waals surface area contributed by atoms with Crippen molar-refractivity contribution >= 4 is 23.8 Å². The predicted octanol–water partition coefficient (Wildman–Crippen LogP) is -1.78. The molecule has 0 unspecified atom stereocenters. The third-order valence-electron chi connectivity index (χ3n) is 2.95. The highest BCUT2D eigenvalue weighted by molar-refractivity contribution is 6.38. The van der Waals surface area contributed by atoms with Crippen molar-refractivity contribution in [3.8, 4) is 0 Å². The zero-order chi connectivity index (χ0) is 15.3. The van der Waals surface area contributed by atoms with Crippen LogP contribution >= 0.6 is 0 Å². The average Bonchev–Trinajstić information content (AvgIpc) is 2.41. The lowest BCUT2D eigenvalue weighted by molar-refractivity contribution is -0.153. The highest BCUT2D eigenvalue weighted by Gasteiger charge is 2.36. The molecule has 0 spiro atoms. The van der Waals surface area contributed by atoms with Gasteiger partial charge in [0.25, 0.3) is 0 Å². The van der Waals surface area contributed by atoms with Crippen molar-refractivity contribution in [3.05, 3.63) is 0 Å². The number of carboxylic acids is 1. The molecule has 9 heteroatoms. The van der Waals surface area contributed by atoms with Gasteiger partial charge in [0.15, 0.2) is 0 Å². The smallest absolute Gasteiger partial charge is 0.326 e. The molecule has 4 amide bonds. The van der Waals surface area contributed by atoms with Gasteiger partial charge in [0, 0.05) is 32.7 Å². The number of urea groups is 1. The van der Waals surface area contributed by atoms with Gasteiger partial charge >= 0.3 is 23.8 Å². The molecule has 0 aliphatic carbocycles. The summed E-state index contributed by atoms with van der Waals surface area (Å²) in [5.74, 6) is -3.09. The van der Waals surface area contributed by atoms with Crippen LogP contribution in [0.3, 0.4) is 0 Å². The summed E-state index contributed by atoms with van der Waals surface area (Å²) >= 11 is 0. The van der Waals surface area contributed by atoms with Gasteiger partial charge in [0.05, 0.1) is 0 Å². The fourth-order valence-electron chi connectivity index (χ4n) is 1.78. The van der Waals surface area contributed by atoms with Crippen molar-refractivity contribution < 1.29 is 29.4 Å². The van der Waals surface area contributed by atoms with Crippen LogP contribution in [0.15, 0.2) is 0 Å². The number of amides is 4. The first-order chi connectivity index (χ1) is 9.42. The maximum Gasteiger partial charge on any atom is 0.326 e. The number of aliphatic hydroxyl groups excluding tert-OH is 1. The molecule has 1 saturated heterocycles. The minimum absolute atomic E-state index is 0.00963. The van der Waals surface area contributed by atoms with E-state index in [1.807, 2.05) is 0 Å². The largest absolute Gasteiger partial charge is 0.480 e. The summed E-state index contributed by atoms with van der Waals surface area (Å²) in [5, 5.41) is 19.7. The maximum atomic E-state index is 11.8. The Bertz CT molecular complexity index is 424. The van der Waals surface area contributed by atoms with Crippen LogP contribution in [0.2, 0.25) is 0 Å². The Labute approximate surface area is 115 Å². The first-order valence-electron chi connectivity index (χ1n) is 6.17. The molecule has 1 aliphatic rings. The summed E-state index contributed by atoms with van der Waals surface area (Å²) in [4.78, 5) is 48.0. The molecule has 1 heterocycles. The van der Waals surface area contributed by atoms with Crippen LogP contribution in [0.4, 0.5) is 4.79 Å². The van der Waals surface area contributed by atoms with Gasteiger partial charge in [-0.05, 0) is 6.92 Å². The molecule has 20 heavy (non-hydrogen) atoms. The summed E-state index contributed by atoms with van der Waals surface area (Å²) in [6, 6.07) is -2.25. The van der Waals surface area contributed by atoms with Gasteiger partial charge in [0.2, 0.25) is 0 Å². The van der Waals surface area contributed by atoms with E-state index in [1.54, 1.807) is 6.92 Å². The predicted molar refractivity (Wildman–Crippen MR) is 65.6 cm³/mol. The number of aliphatic hydroxyl groups is 1. The zero-order valence-electron chi connectivity index (χ0n) is 11.0. The molecule has 0 aromatic rings. The quantitative estimate of drug-likeness (QED) is 0.513. The molecule has 0 saturated carbocycles. The summed E-state index contributed by atoms with van der Waals surface area (Å²) < 4.78 is 0. The Morgan fingerprint density at radius 3 is 2.45 bits per heavy atom. The minimum atomic E-state index is -1.32. The molecule has 0 aromatic carbocycles. The number of carbonyl (C=O) groups excluding carboxylic acids is 3. The standard InChI is InChI=1S/C11H17N3O6/c1-2-13-4-5-14(9(17)8(13)16)11(20)12-7(3-6-15)10(18)19/h7,15H,2-6H2,1H3,(H,12,20)(H,18,19)/t7-/m1/s1. The number of likely N-dealkylation sites (N-methyl/N-ethyl adjacent to an activating group) is 1. The summed E-state index contributed by atoms with van der Waals surface area (Å²) in [7, 11) is 0. The van der Waals surface area contributed by atoms with E-state index in [4.69, 9.17) is 10.2 Å². The van der Waals surface area contributed by atoms with Crippen molar-refractivity contribution in [3.63, 3.8) is 0 Å². The number of carboxylic acid groups (broad SMARTS) is 1. The van der Waals surface area contributed by atoms with Gasteiger partial charge < -0.3 is 20.4 Å². The van der Waals surface area contributed by atoms with Gasteiger partial charge in [-0.2, -0.15) is 0 Å². The molecular formula is C11H17N3O6. The van der Waals surface area contributed by atoms with Gasteiger partial charge in [0.1, 0.15) is 6.04 Å². The molecule has 1 fully saturated rings. The number of imide groups is 1. The Balaban J connectivity index is 2.70. The average molecular weight is 287 g/mol. The van der Waals surface area contributed by atoms with E-state index in [1.165, 1.54) is 4.90 Å². The van der Waals surface area contributed by atoms with Crippen molar-refractivity contribution in [1.29, 1.82) is 0 Å². The number of aliphatic carboxylic acids is 1. The van der Waals surface area contributed by atoms with E-state index < -0.39 is 36.5 Å². The van der Waals surface area contributed by atoms with E-state index in [9.17, 15) is 19.2 Å². The number of hydrogen-bond donors (Lipinski definition) is 3. The highest BCUT2D eigenvalue weighted by Crippen LogP contribution is 2.06. The lowest BCUT2D eigenvalue weighted by Gasteiger charge is -2.32. The molecule has 3 N–H and O–H groups in total. The van der Waals surface area contributed by atoms with Crippen molar-refractivity contribution in [1.82, 2.24) is 15.1 Å². The molecule has 1 aliphatic heterocycles. The fraction of sp³-hybridized carbons (Fsp3) is 0.636. The van der Waals surface area contributed by atoms with Crippen LogP contribution in [0.5, 0.6) is 0 Å². The molecule has 0 radical (unpaired) electrons. The van der Waals surface area contributed by atoms with Crippen molar-refractivity contribution in [2.45, 2.75) is 19.4 Å². The van der Waals surface area contributed by atoms with Gasteiger partial charge in [-0.25, -0.2) is 9.59 Å². The van der Waals surface area contributed by atoms with E-state index >= 15 is 0 Å². The molecule has 112 valence electrons. The number of rotatable bonds is 5. The van der Waals surface area contributed by atoms with Crippen LogP contribution < -0.4 is 5.32 Å². The molecule has 1 atom stereocenters. The molecule has 0 bridgehead atoms. The van der Waals surface area contributed by atoms with Crippen molar-refractivity contribution in [2.24, 2.45) is 0 Å². The third kappa shape index (κ3) is 3.44. The number of piperazine rings is 1. The van der Waals surface area contributed by atoms with Crippen LogP contribution in [-0.4, -0.2) is 76.1 Å². The molecule has 9 nitrogen and oxygen atoms in total. The summed E-state index contributed by atoms with van der Waals surface area (Å²) in [5.41, 5.74) is 0. The Kier molecular flexibility index (Phi) is 5.44. The van der Waals surface area contributed by atoms with E-state index in [2.05, 4.69) is 5.32 Å². The summed E-state index contributed by atoms with van der Waals surface area (Å²) in [6.07, 6.45) is -0.182. The Morgan fingerprint density at radius 2 is 1.95 bits per heavy atom. The third-order valence-corrected chi connectivity index (χ3v) is 2.95. The molecule has 1 rings (SSSR count). The topological polar surface area (TPSA) is 127 Å². The second-order valence-corrected chi connectivity index (χ2v) is 4.19. The highest BCUT2D eigenvalue weighted by atomic mass is 16.4. The van der Waals surface area contributed by atoms with Gasteiger partial charge in [-0.3, -0.25) is 14.5 Å². The normalized spacial score (nSPS) is 17.1. The zero-order valence-corrected chi connectivity index (χ0v) is 11.0. The first kappa shape index (κ1) is 15.9. The van der Waals surface area contributed by atoms with Crippen LogP contribution in [0.1, 0.15) is 13.3 Å². The van der Waals surface area contributed by atoms with Crippen LogP contribution in [0.25, 0.3) is 0 Å². The monoisotopic (exact) mass is 287 g/mol. The number of carbonyl (C=O) groups is 4. The first-order valence-corrected chi connectivity index (χ1v) is 6.17. The molecular weight excluding hydrogens is 270 g/mol. The van der Waals surface area contributed by atoms with Crippen LogP contribution in [0, 0.1) is 0 Å². The second kappa shape index (κ2) is 6.85. The molecule has 0 aromatic heterocycles. The lowest BCUT2D eigenvalue weighted by Crippen LogP contribution is -2.59. The van der Waals surface area contributed by atoms with Crippen LogP contribution in [-0.2, 0) is 14.4 Å². The number of nitrogens with one attached hydrogen (secondary N) is 1. The summed E-state index contributed by atoms with van der Waals surface area (Å²) in [6.45, 7) is 1.88. The Hall–Kier alpha value is -2.16. The van der Waals surface area contributed by atoms with Gasteiger partial charge in [-0.1, -0.05) is 0 Å². The lowest BCUT2D eigenvalue weighted by atomic mass is 10.2. The second-order valence-electron chi connectivity index (χ2n) is 4.19. The SMILES string of the molecule is CCN1CCN(C(=O)N[C@H](CCO)C(=O)O)C(=O)C1=O. The Morgan fingerprint density at radius 1 is 1.30 bits per heavy atom. The number of hydrogen-bond acceptors (Lipinski definition) is 5. The van der Waals surface area contributed by atoms with E-state index in [0.717, 1.165) is 0 Å². The number of nitrogens with zero attached hydrogens (tertiary/aromatic N) is 2. The maximum absolute atomic E-state index is 11.8. The van der Waals surface area contributed by atoms with Gasteiger partial charge in [-0.15, -0.1) is 0 Å². The van der Waals surface area contributed by atoms with E-state index in [-0.39, 0.29) is 19.5 Å². The van der Waals surface area contributed by atoms with Crippen molar-refractivity contribution in [2.75, 3.05) is 26.2 Å². The minimum Gasteiger partial charge on any atom is -0.480 e. The van der Waals surface area contributed by atoms with E-state index in [0.29, 0.717) is 11.4 Å².